The van der Waals surface area contributed by atoms with E-state index < -0.39 is 10.0 Å². The summed E-state index contributed by atoms with van der Waals surface area (Å²) in [6, 6.07) is 4.55. The zero-order valence-corrected chi connectivity index (χ0v) is 16.7. The van der Waals surface area contributed by atoms with Crippen molar-refractivity contribution >= 4 is 27.7 Å². The third-order valence-electron chi connectivity index (χ3n) is 4.35. The Morgan fingerprint density at radius 2 is 1.88 bits per heavy atom. The number of hydrogen-bond acceptors (Lipinski definition) is 5. The van der Waals surface area contributed by atoms with Crippen LogP contribution < -0.4 is 4.72 Å². The van der Waals surface area contributed by atoms with E-state index in [2.05, 4.69) is 4.72 Å². The number of amides is 1. The smallest absolute Gasteiger partial charge is 0.255 e. The van der Waals surface area contributed by atoms with Crippen molar-refractivity contribution in [3.8, 4) is 0 Å². The maximum atomic E-state index is 12.8. The third-order valence-corrected chi connectivity index (χ3v) is 6.70. The van der Waals surface area contributed by atoms with Gasteiger partial charge in [-0.1, -0.05) is 13.8 Å². The summed E-state index contributed by atoms with van der Waals surface area (Å²) in [4.78, 5) is 15.4. The van der Waals surface area contributed by atoms with Crippen molar-refractivity contribution in [2.24, 2.45) is 5.92 Å². The van der Waals surface area contributed by atoms with Crippen LogP contribution in [-0.4, -0.2) is 57.8 Å². The molecular formula is C17H26N2O4S2. The minimum atomic E-state index is -3.67. The second-order valence-corrected chi connectivity index (χ2v) is 8.98. The van der Waals surface area contributed by atoms with Crippen LogP contribution in [0.15, 0.2) is 28.0 Å². The van der Waals surface area contributed by atoms with Crippen LogP contribution in [0.5, 0.6) is 0 Å². The molecule has 6 nitrogen and oxygen atoms in total. The number of benzene rings is 1. The number of hydrogen-bond donors (Lipinski definition) is 1. The first kappa shape index (κ1) is 20.2. The Kier molecular flexibility index (Phi) is 6.90. The number of nitrogens with zero attached hydrogens (tertiary/aromatic N) is 1. The number of carbonyl (C=O) groups excluding carboxylic acids is 1. The Balaban J connectivity index is 2.34. The van der Waals surface area contributed by atoms with Gasteiger partial charge in [0.2, 0.25) is 10.0 Å². The van der Waals surface area contributed by atoms with Gasteiger partial charge in [0.25, 0.3) is 5.91 Å². The van der Waals surface area contributed by atoms with Crippen LogP contribution in [0.25, 0.3) is 0 Å². The van der Waals surface area contributed by atoms with E-state index in [1.54, 1.807) is 17.0 Å². The molecular weight excluding hydrogens is 360 g/mol. The highest BCUT2D eigenvalue weighted by atomic mass is 32.2. The minimum Gasteiger partial charge on any atom is -0.378 e. The molecule has 0 aliphatic carbocycles. The maximum Gasteiger partial charge on any atom is 0.255 e. The van der Waals surface area contributed by atoms with Crippen molar-refractivity contribution in [3.63, 3.8) is 0 Å². The quantitative estimate of drug-likeness (QED) is 0.759. The molecule has 2 rings (SSSR count). The van der Waals surface area contributed by atoms with Gasteiger partial charge in [0, 0.05) is 24.0 Å². The van der Waals surface area contributed by atoms with Gasteiger partial charge in [-0.15, -0.1) is 11.8 Å². The Hall–Kier alpha value is -1.09. The van der Waals surface area contributed by atoms with Crippen LogP contribution in [0, 0.1) is 5.92 Å². The fourth-order valence-electron chi connectivity index (χ4n) is 2.41. The molecule has 1 atom stereocenters. The molecule has 0 aromatic heterocycles. The van der Waals surface area contributed by atoms with Gasteiger partial charge in [-0.25, -0.2) is 13.1 Å². The van der Waals surface area contributed by atoms with E-state index in [-0.39, 0.29) is 22.8 Å². The number of morpholine rings is 1. The van der Waals surface area contributed by atoms with Gasteiger partial charge in [0.15, 0.2) is 0 Å². The van der Waals surface area contributed by atoms with E-state index in [4.69, 9.17) is 4.74 Å². The lowest BCUT2D eigenvalue weighted by molar-refractivity contribution is 0.0300. The first-order valence-corrected chi connectivity index (χ1v) is 11.0. The molecule has 1 aliphatic rings. The summed E-state index contributed by atoms with van der Waals surface area (Å²) in [5.74, 6) is 0.0244. The van der Waals surface area contributed by atoms with Crippen LogP contribution >= 0.6 is 11.8 Å². The molecule has 1 heterocycles. The molecule has 0 spiro atoms. The third kappa shape index (κ3) is 4.97. The highest BCUT2D eigenvalue weighted by Crippen LogP contribution is 2.25. The van der Waals surface area contributed by atoms with Gasteiger partial charge in [-0.3, -0.25) is 4.79 Å². The van der Waals surface area contributed by atoms with E-state index in [1.165, 1.54) is 17.8 Å². The minimum absolute atomic E-state index is 0.120. The number of ether oxygens (including phenoxy) is 1. The summed E-state index contributed by atoms with van der Waals surface area (Å²) in [5, 5.41) is 0. The van der Waals surface area contributed by atoms with E-state index in [1.807, 2.05) is 27.0 Å². The normalized spacial score (nSPS) is 16.9. The van der Waals surface area contributed by atoms with Crippen molar-refractivity contribution in [1.82, 2.24) is 9.62 Å². The SMILES string of the molecule is CSc1ccc(S(=O)(=O)N[C@@H](C)C(C)C)cc1C(=O)N1CCOCC1. The molecule has 0 radical (unpaired) electrons. The molecule has 25 heavy (non-hydrogen) atoms. The van der Waals surface area contributed by atoms with Gasteiger partial charge in [-0.05, 0) is 37.3 Å². The monoisotopic (exact) mass is 386 g/mol. The molecule has 1 aliphatic heterocycles. The number of rotatable bonds is 6. The van der Waals surface area contributed by atoms with Crippen LogP contribution in [0.4, 0.5) is 0 Å². The van der Waals surface area contributed by atoms with Crippen molar-refractivity contribution < 1.29 is 17.9 Å². The van der Waals surface area contributed by atoms with Gasteiger partial charge in [0.05, 0.1) is 23.7 Å². The van der Waals surface area contributed by atoms with Crippen molar-refractivity contribution in [2.75, 3.05) is 32.6 Å². The van der Waals surface area contributed by atoms with E-state index in [0.29, 0.717) is 31.9 Å². The van der Waals surface area contributed by atoms with Crippen LogP contribution in [0.3, 0.4) is 0 Å². The molecule has 0 unspecified atom stereocenters. The number of nitrogens with one attached hydrogen (secondary N) is 1. The highest BCUT2D eigenvalue weighted by molar-refractivity contribution is 7.98. The zero-order chi connectivity index (χ0) is 18.6. The second kappa shape index (κ2) is 8.53. The van der Waals surface area contributed by atoms with Crippen LogP contribution in [0.1, 0.15) is 31.1 Å². The van der Waals surface area contributed by atoms with Gasteiger partial charge >= 0.3 is 0 Å². The van der Waals surface area contributed by atoms with Crippen molar-refractivity contribution in [2.45, 2.75) is 36.6 Å². The molecule has 1 aromatic carbocycles. The molecule has 1 amide bonds. The summed E-state index contributed by atoms with van der Waals surface area (Å²) in [6.07, 6.45) is 1.87. The standard InChI is InChI=1S/C17H26N2O4S2/c1-12(2)13(3)18-25(21,22)14-5-6-16(24-4)15(11-14)17(20)19-7-9-23-10-8-19/h5-6,11-13,18H,7-10H2,1-4H3/t13-/m0/s1. The fraction of sp³-hybridized carbons (Fsp3) is 0.588. The summed E-state index contributed by atoms with van der Waals surface area (Å²) < 4.78 is 33.2. The average molecular weight is 387 g/mol. The predicted molar refractivity (Wildman–Crippen MR) is 99.6 cm³/mol. The summed E-state index contributed by atoms with van der Waals surface area (Å²) >= 11 is 1.43. The van der Waals surface area contributed by atoms with Crippen LogP contribution in [-0.2, 0) is 14.8 Å². The Morgan fingerprint density at radius 1 is 1.24 bits per heavy atom. The number of thioether (sulfide) groups is 1. The van der Waals surface area contributed by atoms with Gasteiger partial charge in [0.1, 0.15) is 0 Å². The first-order chi connectivity index (χ1) is 11.8. The topological polar surface area (TPSA) is 75.7 Å². The lowest BCUT2D eigenvalue weighted by atomic mass is 10.1. The van der Waals surface area contributed by atoms with Gasteiger partial charge < -0.3 is 9.64 Å². The van der Waals surface area contributed by atoms with Crippen molar-refractivity contribution in [3.05, 3.63) is 23.8 Å². The Labute approximate surface area is 154 Å². The van der Waals surface area contributed by atoms with E-state index in [9.17, 15) is 13.2 Å². The Bertz CT molecular complexity index is 713. The molecule has 1 aromatic rings. The van der Waals surface area contributed by atoms with E-state index >= 15 is 0 Å². The predicted octanol–water partition coefficient (Wildman–Crippen LogP) is 2.20. The lowest BCUT2D eigenvalue weighted by Crippen LogP contribution is -2.41. The van der Waals surface area contributed by atoms with Crippen molar-refractivity contribution in [1.29, 1.82) is 0 Å². The maximum absolute atomic E-state index is 12.8. The Morgan fingerprint density at radius 3 is 2.44 bits per heavy atom. The molecule has 0 bridgehead atoms. The number of carbonyl (C=O) groups is 1. The molecule has 1 fully saturated rings. The van der Waals surface area contributed by atoms with E-state index in [0.717, 1.165) is 4.90 Å². The van der Waals surface area contributed by atoms with Gasteiger partial charge in [-0.2, -0.15) is 0 Å². The second-order valence-electron chi connectivity index (χ2n) is 6.42. The first-order valence-electron chi connectivity index (χ1n) is 8.33. The molecule has 1 N–H and O–H groups in total. The lowest BCUT2D eigenvalue weighted by Gasteiger charge is -2.27. The highest BCUT2D eigenvalue weighted by Gasteiger charge is 2.25. The number of sulfonamides is 1. The zero-order valence-electron chi connectivity index (χ0n) is 15.1. The average Bonchev–Trinajstić information content (AvgIpc) is 2.60. The summed E-state index contributed by atoms with van der Waals surface area (Å²) in [7, 11) is -3.67. The van der Waals surface area contributed by atoms with Crippen LogP contribution in [0.2, 0.25) is 0 Å². The molecule has 140 valence electrons. The largest absolute Gasteiger partial charge is 0.378 e. The molecule has 1 saturated heterocycles. The molecule has 0 saturated carbocycles. The summed E-state index contributed by atoms with van der Waals surface area (Å²) in [5.41, 5.74) is 0.425. The fourth-order valence-corrected chi connectivity index (χ4v) is 4.40. The molecule has 8 heteroatoms. The summed E-state index contributed by atoms with van der Waals surface area (Å²) in [6.45, 7) is 7.79.